The Bertz CT molecular complexity index is 1800. The summed E-state index contributed by atoms with van der Waals surface area (Å²) in [4.78, 5) is 9.76. The highest BCUT2D eigenvalue weighted by Gasteiger charge is 2.39. The third-order valence-corrected chi connectivity index (χ3v) is 10.3. The summed E-state index contributed by atoms with van der Waals surface area (Å²) in [5.74, 6) is 0.277. The average molecular weight is 569 g/mol. The van der Waals surface area contributed by atoms with Crippen LogP contribution < -0.4 is 0 Å². The predicted octanol–water partition coefficient (Wildman–Crippen LogP) is 9.78. The molecule has 2 aliphatic carbocycles. The van der Waals surface area contributed by atoms with E-state index in [1.54, 1.807) is 0 Å². The van der Waals surface area contributed by atoms with Crippen molar-refractivity contribution in [2.45, 2.75) is 50.4 Å². The molecular weight excluding hydrogens is 532 g/mol. The Morgan fingerprint density at radius 2 is 0.705 bits per heavy atom. The van der Waals surface area contributed by atoms with Crippen molar-refractivity contribution < 1.29 is 0 Å². The number of hydrogen-bond donors (Lipinski definition) is 0. The average Bonchev–Trinajstić information content (AvgIpc) is 3.06. The minimum atomic E-state index is -0.0589. The number of aromatic nitrogens is 2. The van der Waals surface area contributed by atoms with Crippen LogP contribution in [0.15, 0.2) is 134 Å². The Morgan fingerprint density at radius 3 is 1.02 bits per heavy atom. The lowest BCUT2D eigenvalue weighted by atomic mass is 9.64. The van der Waals surface area contributed by atoms with Gasteiger partial charge in [-0.3, -0.25) is 9.97 Å². The van der Waals surface area contributed by atoms with Crippen molar-refractivity contribution in [2.75, 3.05) is 0 Å². The zero-order valence-corrected chi connectivity index (χ0v) is 25.8. The first kappa shape index (κ1) is 26.8. The van der Waals surface area contributed by atoms with Crippen LogP contribution in [0.2, 0.25) is 0 Å². The fraction of sp³-hybridized carbons (Fsp3) is 0.190. The van der Waals surface area contributed by atoms with E-state index in [1.807, 2.05) is 12.4 Å². The van der Waals surface area contributed by atoms with Gasteiger partial charge in [-0.25, -0.2) is 0 Å². The van der Waals surface area contributed by atoms with Gasteiger partial charge in [0.1, 0.15) is 0 Å². The van der Waals surface area contributed by atoms with E-state index >= 15 is 0 Å². The fourth-order valence-electron chi connectivity index (χ4n) is 8.15. The highest BCUT2D eigenvalue weighted by molar-refractivity contribution is 5.65. The van der Waals surface area contributed by atoms with E-state index in [2.05, 4.69) is 149 Å². The van der Waals surface area contributed by atoms with E-state index < -0.39 is 0 Å². The summed E-state index contributed by atoms with van der Waals surface area (Å²) in [6, 6.07) is 44.6. The van der Waals surface area contributed by atoms with E-state index in [0.29, 0.717) is 0 Å². The molecule has 8 rings (SSSR count). The van der Waals surface area contributed by atoms with E-state index in [9.17, 15) is 0 Å². The second kappa shape index (κ2) is 9.86. The molecule has 2 aliphatic rings. The largest absolute Gasteiger partial charge is 0.255 e. The third-order valence-electron chi connectivity index (χ3n) is 10.3. The topological polar surface area (TPSA) is 25.8 Å². The van der Waals surface area contributed by atoms with Crippen LogP contribution in [0.3, 0.4) is 0 Å². The molecule has 0 fully saturated rings. The van der Waals surface area contributed by atoms with Crippen molar-refractivity contribution in [3.63, 3.8) is 0 Å². The molecule has 0 aliphatic heterocycles. The lowest BCUT2D eigenvalue weighted by molar-refractivity contribution is 0.597. The van der Waals surface area contributed by atoms with Crippen LogP contribution in [0, 0.1) is 0 Å². The summed E-state index contributed by atoms with van der Waals surface area (Å²) in [5, 5.41) is 0. The molecular formula is C42H36N2. The van der Waals surface area contributed by atoms with Crippen LogP contribution in [0.4, 0.5) is 0 Å². The number of benzene rings is 4. The Balaban J connectivity index is 1.26. The van der Waals surface area contributed by atoms with Gasteiger partial charge in [0.15, 0.2) is 0 Å². The fourth-order valence-corrected chi connectivity index (χ4v) is 8.15. The van der Waals surface area contributed by atoms with Crippen molar-refractivity contribution in [1.29, 1.82) is 0 Å². The minimum Gasteiger partial charge on any atom is -0.255 e. The van der Waals surface area contributed by atoms with Gasteiger partial charge in [-0.05, 0) is 79.9 Å². The molecule has 0 unspecified atom stereocenters. The van der Waals surface area contributed by atoms with Crippen molar-refractivity contribution in [3.8, 4) is 11.4 Å². The summed E-state index contributed by atoms with van der Waals surface area (Å²) >= 11 is 0. The number of rotatable bonds is 3. The molecule has 2 heteroatoms. The monoisotopic (exact) mass is 568 g/mol. The zero-order valence-electron chi connectivity index (χ0n) is 25.8. The lowest BCUT2D eigenvalue weighted by Gasteiger charge is -2.40. The molecule has 0 atom stereocenters. The van der Waals surface area contributed by atoms with E-state index in [-0.39, 0.29) is 22.7 Å². The SMILES string of the molecule is CC1(C)c2ccccc2C(c2ccnc(-c3cc(C4c5ccccc5C(C)(C)c5ccccc54)ccn3)c2)c2ccccc21. The first-order valence-corrected chi connectivity index (χ1v) is 15.7. The van der Waals surface area contributed by atoms with Crippen LogP contribution in [0.25, 0.3) is 11.4 Å². The lowest BCUT2D eigenvalue weighted by Crippen LogP contribution is -2.29. The van der Waals surface area contributed by atoms with Crippen molar-refractivity contribution in [2.24, 2.45) is 0 Å². The molecule has 4 aromatic carbocycles. The summed E-state index contributed by atoms with van der Waals surface area (Å²) in [5.41, 5.74) is 15.2. The van der Waals surface area contributed by atoms with Crippen LogP contribution in [0.5, 0.6) is 0 Å². The standard InChI is InChI=1S/C42H36N2/c1-41(2)33-17-9-5-13-29(33)39(30-14-6-10-18-34(30)41)27-21-23-43-37(25-27)38-26-28(22-24-44-38)40-31-15-7-11-19-35(31)42(3,4)36-20-12-8-16-32(36)40/h5-26,39-40H,1-4H3. The molecule has 2 nitrogen and oxygen atoms in total. The molecule has 214 valence electrons. The second-order valence-electron chi connectivity index (χ2n) is 13.4. The van der Waals surface area contributed by atoms with Gasteiger partial charge >= 0.3 is 0 Å². The second-order valence-corrected chi connectivity index (χ2v) is 13.4. The number of hydrogen-bond acceptors (Lipinski definition) is 2. The highest BCUT2D eigenvalue weighted by Crippen LogP contribution is 2.50. The zero-order chi connectivity index (χ0) is 30.1. The molecule has 2 heterocycles. The highest BCUT2D eigenvalue weighted by atomic mass is 14.8. The summed E-state index contributed by atoms with van der Waals surface area (Å²) in [6.45, 7) is 9.38. The van der Waals surface area contributed by atoms with Gasteiger partial charge in [0.2, 0.25) is 0 Å². The van der Waals surface area contributed by atoms with Crippen LogP contribution in [-0.2, 0) is 10.8 Å². The third kappa shape index (κ3) is 3.94. The smallest absolute Gasteiger partial charge is 0.0889 e. The molecule has 0 saturated carbocycles. The maximum absolute atomic E-state index is 4.88. The van der Waals surface area contributed by atoms with Crippen molar-refractivity contribution in [1.82, 2.24) is 9.97 Å². The van der Waals surface area contributed by atoms with Gasteiger partial charge in [0.25, 0.3) is 0 Å². The Hall–Kier alpha value is -4.82. The Kier molecular flexibility index (Phi) is 6.00. The molecule has 2 aromatic heterocycles. The molecule has 0 radical (unpaired) electrons. The first-order chi connectivity index (χ1) is 21.4. The quantitative estimate of drug-likeness (QED) is 0.212. The number of fused-ring (bicyclic) bond motifs is 4. The van der Waals surface area contributed by atoms with Gasteiger partial charge in [-0.15, -0.1) is 0 Å². The van der Waals surface area contributed by atoms with Gasteiger partial charge in [0.05, 0.1) is 11.4 Å². The molecule has 6 aromatic rings. The van der Waals surface area contributed by atoms with Gasteiger partial charge < -0.3 is 0 Å². The molecule has 0 bridgehead atoms. The number of nitrogens with zero attached hydrogens (tertiary/aromatic N) is 2. The van der Waals surface area contributed by atoms with Crippen LogP contribution >= 0.6 is 0 Å². The van der Waals surface area contributed by atoms with Crippen LogP contribution in [0.1, 0.15) is 95.2 Å². The summed E-state index contributed by atoms with van der Waals surface area (Å²) in [6.07, 6.45) is 3.91. The molecule has 0 spiro atoms. The van der Waals surface area contributed by atoms with Gasteiger partial charge in [-0.1, -0.05) is 125 Å². The Labute approximate surface area is 260 Å². The van der Waals surface area contributed by atoms with E-state index in [4.69, 9.17) is 9.97 Å². The van der Waals surface area contributed by atoms with Crippen LogP contribution in [-0.4, -0.2) is 9.97 Å². The Morgan fingerprint density at radius 1 is 0.409 bits per heavy atom. The maximum atomic E-state index is 4.88. The van der Waals surface area contributed by atoms with Gasteiger partial charge in [-0.2, -0.15) is 0 Å². The van der Waals surface area contributed by atoms with Crippen molar-refractivity contribution in [3.05, 3.63) is 189 Å². The molecule has 44 heavy (non-hydrogen) atoms. The van der Waals surface area contributed by atoms with Crippen molar-refractivity contribution >= 4 is 0 Å². The first-order valence-electron chi connectivity index (χ1n) is 15.7. The van der Waals surface area contributed by atoms with E-state index in [0.717, 1.165) is 11.4 Å². The normalized spacial score (nSPS) is 16.4. The molecule has 0 amide bonds. The predicted molar refractivity (Wildman–Crippen MR) is 179 cm³/mol. The summed E-state index contributed by atoms with van der Waals surface area (Å²) in [7, 11) is 0. The molecule has 0 saturated heterocycles. The minimum absolute atomic E-state index is 0.0589. The van der Waals surface area contributed by atoms with E-state index in [1.165, 1.54) is 55.6 Å². The maximum Gasteiger partial charge on any atom is 0.0889 e. The van der Waals surface area contributed by atoms with Gasteiger partial charge in [0, 0.05) is 35.1 Å². The number of pyridine rings is 2. The molecule has 0 N–H and O–H groups in total. The summed E-state index contributed by atoms with van der Waals surface area (Å²) < 4.78 is 0.